The van der Waals surface area contributed by atoms with Crippen molar-refractivity contribution in [3.05, 3.63) is 42.2 Å². The molecule has 0 bridgehead atoms. The number of sulfonamides is 1. The summed E-state index contributed by atoms with van der Waals surface area (Å²) < 4.78 is 28.6. The Balaban J connectivity index is 1.68. The lowest BCUT2D eigenvalue weighted by Gasteiger charge is -2.21. The number of benzene rings is 1. The van der Waals surface area contributed by atoms with Crippen molar-refractivity contribution in [2.45, 2.75) is 61.5 Å². The first-order valence-electron chi connectivity index (χ1n) is 10.4. The van der Waals surface area contributed by atoms with Crippen LogP contribution in [0.25, 0.3) is 0 Å². The Morgan fingerprint density at radius 2 is 2.03 bits per heavy atom. The maximum atomic E-state index is 12.5. The Labute approximate surface area is 188 Å². The average molecular weight is 464 g/mol. The number of aryl methyl sites for hydroxylation is 1. The molecule has 10 heteroatoms. The molecule has 0 aliphatic heterocycles. The lowest BCUT2D eigenvalue weighted by molar-refractivity contribution is -0.113. The van der Waals surface area contributed by atoms with Crippen LogP contribution in [0.3, 0.4) is 0 Å². The van der Waals surface area contributed by atoms with Gasteiger partial charge in [-0.1, -0.05) is 43.2 Å². The number of carbonyl (C=O) groups is 1. The SMILES string of the molecule is C=CCn1c(SCC(=O)Nc2ccc(C)c(S(=O)(=O)NC)c2)nnc1C1CCCCC1. The highest BCUT2D eigenvalue weighted by molar-refractivity contribution is 7.99. The zero-order valence-electron chi connectivity index (χ0n) is 17.9. The van der Waals surface area contributed by atoms with Crippen LogP contribution >= 0.6 is 11.8 Å². The van der Waals surface area contributed by atoms with E-state index in [1.54, 1.807) is 19.1 Å². The molecule has 31 heavy (non-hydrogen) atoms. The van der Waals surface area contributed by atoms with E-state index < -0.39 is 10.0 Å². The van der Waals surface area contributed by atoms with Crippen molar-refractivity contribution >= 4 is 33.4 Å². The van der Waals surface area contributed by atoms with E-state index in [4.69, 9.17) is 0 Å². The fourth-order valence-electron chi connectivity index (χ4n) is 3.77. The van der Waals surface area contributed by atoms with E-state index in [2.05, 4.69) is 26.8 Å². The van der Waals surface area contributed by atoms with Crippen LogP contribution in [0.1, 0.15) is 49.4 Å². The molecule has 0 unspecified atom stereocenters. The van der Waals surface area contributed by atoms with Crippen LogP contribution in [0.4, 0.5) is 5.69 Å². The van der Waals surface area contributed by atoms with Gasteiger partial charge in [0.25, 0.3) is 0 Å². The summed E-state index contributed by atoms with van der Waals surface area (Å²) in [7, 11) is -2.24. The minimum absolute atomic E-state index is 0.141. The van der Waals surface area contributed by atoms with E-state index in [1.165, 1.54) is 44.1 Å². The van der Waals surface area contributed by atoms with Gasteiger partial charge in [-0.05, 0) is 44.5 Å². The minimum Gasteiger partial charge on any atom is -0.325 e. The molecule has 2 N–H and O–H groups in total. The fraction of sp³-hybridized carbons (Fsp3) is 0.476. The van der Waals surface area contributed by atoms with E-state index in [0.717, 1.165) is 18.7 Å². The molecule has 168 valence electrons. The highest BCUT2D eigenvalue weighted by atomic mass is 32.2. The standard InChI is InChI=1S/C21H29N5O3S2/c1-4-12-26-20(16-8-6-5-7-9-16)24-25-21(26)30-14-19(27)23-17-11-10-15(2)18(13-17)31(28,29)22-3/h4,10-11,13,16,22H,1,5-9,12,14H2,2-3H3,(H,23,27). The lowest BCUT2D eigenvalue weighted by atomic mass is 9.89. The summed E-state index contributed by atoms with van der Waals surface area (Å²) in [6.45, 7) is 6.15. The van der Waals surface area contributed by atoms with Crippen LogP contribution in [0.5, 0.6) is 0 Å². The number of aromatic nitrogens is 3. The molecule has 1 amide bonds. The zero-order chi connectivity index (χ0) is 22.4. The molecule has 1 fully saturated rings. The van der Waals surface area contributed by atoms with Gasteiger partial charge in [-0.3, -0.25) is 4.79 Å². The van der Waals surface area contributed by atoms with Gasteiger partial charge in [0.2, 0.25) is 15.9 Å². The maximum Gasteiger partial charge on any atom is 0.240 e. The fourth-order valence-corrected chi connectivity index (χ4v) is 5.52. The van der Waals surface area contributed by atoms with Gasteiger partial charge < -0.3 is 9.88 Å². The molecule has 1 aliphatic rings. The van der Waals surface area contributed by atoms with Crippen molar-refractivity contribution in [1.82, 2.24) is 19.5 Å². The molecule has 1 heterocycles. The summed E-state index contributed by atoms with van der Waals surface area (Å²) in [5.41, 5.74) is 1.04. The summed E-state index contributed by atoms with van der Waals surface area (Å²) in [6, 6.07) is 4.82. The Kier molecular flexibility index (Phi) is 7.90. The van der Waals surface area contributed by atoms with Crippen LogP contribution in [-0.4, -0.2) is 41.9 Å². The summed E-state index contributed by atoms with van der Waals surface area (Å²) in [4.78, 5) is 12.6. The normalized spacial score (nSPS) is 15.0. The number of allylic oxidation sites excluding steroid dienone is 1. The number of hydrogen-bond donors (Lipinski definition) is 2. The topological polar surface area (TPSA) is 106 Å². The van der Waals surface area contributed by atoms with Gasteiger partial charge in [0.1, 0.15) is 5.82 Å². The van der Waals surface area contributed by atoms with E-state index in [1.807, 2.05) is 10.6 Å². The quantitative estimate of drug-likeness (QED) is 0.436. The van der Waals surface area contributed by atoms with Crippen molar-refractivity contribution in [2.75, 3.05) is 18.1 Å². The van der Waals surface area contributed by atoms with Gasteiger partial charge in [-0.15, -0.1) is 16.8 Å². The largest absolute Gasteiger partial charge is 0.325 e. The van der Waals surface area contributed by atoms with Crippen molar-refractivity contribution in [2.24, 2.45) is 0 Å². The Morgan fingerprint density at radius 1 is 1.29 bits per heavy atom. The predicted molar refractivity (Wildman–Crippen MR) is 123 cm³/mol. The van der Waals surface area contributed by atoms with Gasteiger partial charge >= 0.3 is 0 Å². The number of hydrogen-bond acceptors (Lipinski definition) is 6. The molecule has 1 aromatic carbocycles. The summed E-state index contributed by atoms with van der Waals surface area (Å²) in [5, 5.41) is 12.2. The first-order valence-corrected chi connectivity index (χ1v) is 12.8. The van der Waals surface area contributed by atoms with Crippen LogP contribution in [0.2, 0.25) is 0 Å². The molecular formula is C21H29N5O3S2. The van der Waals surface area contributed by atoms with Gasteiger partial charge in [-0.25, -0.2) is 13.1 Å². The van der Waals surface area contributed by atoms with Gasteiger partial charge in [-0.2, -0.15) is 0 Å². The van der Waals surface area contributed by atoms with Crippen LogP contribution in [0, 0.1) is 6.92 Å². The number of rotatable bonds is 9. The number of thioether (sulfide) groups is 1. The van der Waals surface area contributed by atoms with E-state index in [9.17, 15) is 13.2 Å². The molecule has 0 saturated heterocycles. The number of nitrogens with one attached hydrogen (secondary N) is 2. The molecule has 0 atom stereocenters. The van der Waals surface area contributed by atoms with E-state index in [0.29, 0.717) is 28.9 Å². The second-order valence-electron chi connectivity index (χ2n) is 7.60. The summed E-state index contributed by atoms with van der Waals surface area (Å²) in [6.07, 6.45) is 7.73. The Hall–Kier alpha value is -2.17. The number of carbonyl (C=O) groups excluding carboxylic acids is 1. The third kappa shape index (κ3) is 5.75. The van der Waals surface area contributed by atoms with Crippen LogP contribution in [0.15, 0.2) is 40.9 Å². The Morgan fingerprint density at radius 3 is 2.71 bits per heavy atom. The predicted octanol–water partition coefficient (Wildman–Crippen LogP) is 3.46. The lowest BCUT2D eigenvalue weighted by Crippen LogP contribution is -2.20. The van der Waals surface area contributed by atoms with Gasteiger partial charge in [0, 0.05) is 18.2 Å². The average Bonchev–Trinajstić information content (AvgIpc) is 3.17. The molecule has 2 aromatic rings. The third-order valence-electron chi connectivity index (χ3n) is 5.39. The molecule has 3 rings (SSSR count). The second-order valence-corrected chi connectivity index (χ2v) is 10.4. The Bertz CT molecular complexity index is 1040. The van der Waals surface area contributed by atoms with Crippen molar-refractivity contribution < 1.29 is 13.2 Å². The molecule has 1 aromatic heterocycles. The zero-order valence-corrected chi connectivity index (χ0v) is 19.6. The molecular weight excluding hydrogens is 434 g/mol. The smallest absolute Gasteiger partial charge is 0.240 e. The molecule has 1 saturated carbocycles. The first-order chi connectivity index (χ1) is 14.9. The van der Waals surface area contributed by atoms with Crippen LogP contribution in [-0.2, 0) is 21.4 Å². The molecule has 0 spiro atoms. The highest BCUT2D eigenvalue weighted by Crippen LogP contribution is 2.33. The van der Waals surface area contributed by atoms with Gasteiger partial charge in [0.15, 0.2) is 5.16 Å². The number of amides is 1. The van der Waals surface area contributed by atoms with Crippen LogP contribution < -0.4 is 10.0 Å². The molecule has 8 nitrogen and oxygen atoms in total. The number of nitrogens with zero attached hydrogens (tertiary/aromatic N) is 3. The van der Waals surface area contributed by atoms with Crippen molar-refractivity contribution in [3.63, 3.8) is 0 Å². The molecule has 0 radical (unpaired) electrons. The van der Waals surface area contributed by atoms with Crippen molar-refractivity contribution in [3.8, 4) is 0 Å². The molecule has 1 aliphatic carbocycles. The second kappa shape index (κ2) is 10.4. The minimum atomic E-state index is -3.60. The first kappa shape index (κ1) is 23.5. The van der Waals surface area contributed by atoms with Crippen molar-refractivity contribution in [1.29, 1.82) is 0 Å². The summed E-state index contributed by atoms with van der Waals surface area (Å²) in [5.74, 6) is 1.28. The van der Waals surface area contributed by atoms with E-state index in [-0.39, 0.29) is 16.6 Å². The monoisotopic (exact) mass is 463 g/mol. The van der Waals surface area contributed by atoms with Gasteiger partial charge in [0.05, 0.1) is 10.6 Å². The van der Waals surface area contributed by atoms with E-state index >= 15 is 0 Å². The maximum absolute atomic E-state index is 12.5. The highest BCUT2D eigenvalue weighted by Gasteiger charge is 2.23. The summed E-state index contributed by atoms with van der Waals surface area (Å²) >= 11 is 1.32. The third-order valence-corrected chi connectivity index (χ3v) is 7.91. The number of anilines is 1.